The van der Waals surface area contributed by atoms with Gasteiger partial charge >= 0.3 is 5.97 Å². The van der Waals surface area contributed by atoms with Gasteiger partial charge in [-0.25, -0.2) is 5.43 Å². The number of hydrazine groups is 1. The first-order valence-electron chi connectivity index (χ1n) is 8.30. The first-order chi connectivity index (χ1) is 12.2. The number of nitrogens with one attached hydrogen (secondary N) is 2. The van der Waals surface area contributed by atoms with E-state index in [2.05, 4.69) is 10.9 Å². The van der Waals surface area contributed by atoms with E-state index in [1.165, 1.54) is 0 Å². The molecular weight excluding hydrogens is 320 g/mol. The Morgan fingerprint density at radius 2 is 1.68 bits per heavy atom. The molecule has 1 heterocycles. The molecule has 1 aliphatic heterocycles. The molecule has 3 unspecified atom stereocenters. The summed E-state index contributed by atoms with van der Waals surface area (Å²) >= 11 is 0. The monoisotopic (exact) mass is 342 g/mol. The van der Waals surface area contributed by atoms with Crippen molar-refractivity contribution in [3.05, 3.63) is 60.2 Å². The fourth-order valence-electron chi connectivity index (χ4n) is 3.01. The van der Waals surface area contributed by atoms with Gasteiger partial charge in [0.1, 0.15) is 24.7 Å². The Kier molecular flexibility index (Phi) is 5.53. The van der Waals surface area contributed by atoms with Gasteiger partial charge < -0.3 is 14.6 Å². The second kappa shape index (κ2) is 8.00. The first-order valence-corrected chi connectivity index (χ1v) is 8.30. The molecule has 0 amide bonds. The molecule has 1 saturated heterocycles. The van der Waals surface area contributed by atoms with Crippen LogP contribution in [0.4, 0.5) is 0 Å². The van der Waals surface area contributed by atoms with Crippen LogP contribution in [0.1, 0.15) is 18.5 Å². The molecule has 1 fully saturated rings. The third-order valence-corrected chi connectivity index (χ3v) is 4.26. The number of benzene rings is 2. The summed E-state index contributed by atoms with van der Waals surface area (Å²) in [4.78, 5) is 11.6. The zero-order chi connectivity index (χ0) is 17.6. The average Bonchev–Trinajstić information content (AvgIpc) is 3.01. The maximum absolute atomic E-state index is 11.6. The van der Waals surface area contributed by atoms with E-state index in [-0.39, 0.29) is 12.1 Å². The molecule has 0 radical (unpaired) electrons. The number of carboxylic acid groups (broad SMARTS) is 1. The summed E-state index contributed by atoms with van der Waals surface area (Å²) < 4.78 is 11.5. The predicted molar refractivity (Wildman–Crippen MR) is 93.5 cm³/mol. The van der Waals surface area contributed by atoms with Crippen LogP contribution in [0, 0.1) is 5.92 Å². The van der Waals surface area contributed by atoms with Crippen LogP contribution >= 0.6 is 0 Å². The van der Waals surface area contributed by atoms with E-state index in [0.29, 0.717) is 19.0 Å². The van der Waals surface area contributed by atoms with Gasteiger partial charge in [0.25, 0.3) is 0 Å². The highest BCUT2D eigenvalue weighted by Gasteiger charge is 2.40. The number of para-hydroxylation sites is 2. The van der Waals surface area contributed by atoms with Gasteiger partial charge in [-0.05, 0) is 25.1 Å². The summed E-state index contributed by atoms with van der Waals surface area (Å²) in [5.74, 6) is 0.0576. The molecule has 6 heteroatoms. The van der Waals surface area contributed by atoms with E-state index in [1.807, 2.05) is 61.5 Å². The van der Waals surface area contributed by atoms with Crippen molar-refractivity contribution < 1.29 is 19.4 Å². The Hall–Kier alpha value is -2.57. The number of carboxylic acids is 1. The van der Waals surface area contributed by atoms with Gasteiger partial charge in [0.2, 0.25) is 0 Å². The van der Waals surface area contributed by atoms with E-state index in [1.54, 1.807) is 0 Å². The lowest BCUT2D eigenvalue weighted by molar-refractivity contribution is -0.142. The molecule has 25 heavy (non-hydrogen) atoms. The SMILES string of the molecule is CC1NNC(c2ccccc2OCCOc2ccccc2)C1C(=O)O. The molecule has 2 aromatic carbocycles. The molecular formula is C19H22N2O4. The summed E-state index contributed by atoms with van der Waals surface area (Å²) in [5.41, 5.74) is 6.90. The van der Waals surface area contributed by atoms with Gasteiger partial charge in [0.05, 0.1) is 12.0 Å². The van der Waals surface area contributed by atoms with Crippen molar-refractivity contribution in [1.82, 2.24) is 10.9 Å². The van der Waals surface area contributed by atoms with Crippen LogP contribution in [0.15, 0.2) is 54.6 Å². The molecule has 0 spiro atoms. The molecule has 132 valence electrons. The zero-order valence-electron chi connectivity index (χ0n) is 14.0. The zero-order valence-corrected chi connectivity index (χ0v) is 14.0. The molecule has 3 atom stereocenters. The Morgan fingerprint density at radius 1 is 1.00 bits per heavy atom. The van der Waals surface area contributed by atoms with Crippen molar-refractivity contribution in [3.8, 4) is 11.5 Å². The quantitative estimate of drug-likeness (QED) is 0.671. The minimum Gasteiger partial charge on any atom is -0.490 e. The molecule has 0 aliphatic carbocycles. The Bertz CT molecular complexity index is 708. The minimum absolute atomic E-state index is 0.169. The van der Waals surface area contributed by atoms with E-state index >= 15 is 0 Å². The largest absolute Gasteiger partial charge is 0.490 e. The number of hydrogen-bond donors (Lipinski definition) is 3. The van der Waals surface area contributed by atoms with Gasteiger partial charge in [0, 0.05) is 11.6 Å². The molecule has 0 saturated carbocycles. The minimum atomic E-state index is -0.836. The number of hydrogen-bond acceptors (Lipinski definition) is 5. The summed E-state index contributed by atoms with van der Waals surface area (Å²) in [5, 5.41) is 9.51. The van der Waals surface area contributed by atoms with Crippen LogP contribution in [0.2, 0.25) is 0 Å². The fourth-order valence-corrected chi connectivity index (χ4v) is 3.01. The maximum Gasteiger partial charge on any atom is 0.310 e. The molecule has 0 aromatic heterocycles. The normalized spacial score (nSPS) is 22.5. The summed E-state index contributed by atoms with van der Waals surface area (Å²) in [6.45, 7) is 2.63. The second-order valence-electron chi connectivity index (χ2n) is 5.97. The number of rotatable bonds is 7. The number of ether oxygens (including phenoxy) is 2. The van der Waals surface area contributed by atoms with Crippen molar-refractivity contribution in [3.63, 3.8) is 0 Å². The predicted octanol–water partition coefficient (Wildman–Crippen LogP) is 2.38. The second-order valence-corrected chi connectivity index (χ2v) is 5.97. The molecule has 3 N–H and O–H groups in total. The number of aliphatic carboxylic acids is 1. The third-order valence-electron chi connectivity index (χ3n) is 4.26. The Morgan fingerprint density at radius 3 is 2.44 bits per heavy atom. The van der Waals surface area contributed by atoms with E-state index in [4.69, 9.17) is 9.47 Å². The lowest BCUT2D eigenvalue weighted by Gasteiger charge is -2.20. The standard InChI is InChI=1S/C19H22N2O4/c1-13-17(19(22)23)18(21-20-13)15-9-5-6-10-16(15)25-12-11-24-14-7-3-2-4-8-14/h2-10,13,17-18,20-21H,11-12H2,1H3,(H,22,23). The maximum atomic E-state index is 11.6. The highest BCUT2D eigenvalue weighted by Crippen LogP contribution is 2.34. The summed E-state index contributed by atoms with van der Waals surface area (Å²) in [7, 11) is 0. The molecule has 2 aromatic rings. The molecule has 3 rings (SSSR count). The summed E-state index contributed by atoms with van der Waals surface area (Å²) in [6, 6.07) is 16.5. The van der Waals surface area contributed by atoms with Crippen LogP contribution in [-0.4, -0.2) is 30.3 Å². The van der Waals surface area contributed by atoms with Crippen molar-refractivity contribution in [2.45, 2.75) is 19.0 Å². The molecule has 1 aliphatic rings. The average molecular weight is 342 g/mol. The van der Waals surface area contributed by atoms with Crippen LogP contribution in [0.3, 0.4) is 0 Å². The van der Waals surface area contributed by atoms with E-state index in [9.17, 15) is 9.90 Å². The molecule has 0 bridgehead atoms. The van der Waals surface area contributed by atoms with Crippen LogP contribution in [-0.2, 0) is 4.79 Å². The van der Waals surface area contributed by atoms with Gasteiger partial charge in [-0.2, -0.15) is 0 Å². The third kappa shape index (κ3) is 4.10. The smallest absolute Gasteiger partial charge is 0.310 e. The first kappa shape index (κ1) is 17.3. The van der Waals surface area contributed by atoms with Crippen molar-refractivity contribution >= 4 is 5.97 Å². The van der Waals surface area contributed by atoms with Gasteiger partial charge in [-0.1, -0.05) is 36.4 Å². The van der Waals surface area contributed by atoms with Crippen molar-refractivity contribution in [1.29, 1.82) is 0 Å². The van der Waals surface area contributed by atoms with Crippen LogP contribution in [0.5, 0.6) is 11.5 Å². The van der Waals surface area contributed by atoms with Crippen molar-refractivity contribution in [2.24, 2.45) is 5.92 Å². The van der Waals surface area contributed by atoms with Crippen LogP contribution < -0.4 is 20.3 Å². The lowest BCUT2D eigenvalue weighted by Crippen LogP contribution is -2.30. The molecule has 6 nitrogen and oxygen atoms in total. The Labute approximate surface area is 146 Å². The Balaban J connectivity index is 1.64. The number of carbonyl (C=O) groups is 1. The van der Waals surface area contributed by atoms with E-state index in [0.717, 1.165) is 11.3 Å². The highest BCUT2D eigenvalue weighted by atomic mass is 16.5. The topological polar surface area (TPSA) is 79.8 Å². The summed E-state index contributed by atoms with van der Waals surface area (Å²) in [6.07, 6.45) is 0. The fraction of sp³-hybridized carbons (Fsp3) is 0.316. The van der Waals surface area contributed by atoms with Crippen molar-refractivity contribution in [2.75, 3.05) is 13.2 Å². The van der Waals surface area contributed by atoms with Crippen LogP contribution in [0.25, 0.3) is 0 Å². The highest BCUT2D eigenvalue weighted by molar-refractivity contribution is 5.73. The van der Waals surface area contributed by atoms with E-state index < -0.39 is 11.9 Å². The van der Waals surface area contributed by atoms with Gasteiger partial charge in [0.15, 0.2) is 0 Å². The van der Waals surface area contributed by atoms with Gasteiger partial charge in [-0.15, -0.1) is 0 Å². The lowest BCUT2D eigenvalue weighted by atomic mass is 9.90. The van der Waals surface area contributed by atoms with Gasteiger partial charge in [-0.3, -0.25) is 10.2 Å².